The molecule has 0 bridgehead atoms. The highest BCUT2D eigenvalue weighted by molar-refractivity contribution is 5.84. The van der Waals surface area contributed by atoms with Gasteiger partial charge in [-0.2, -0.15) is 0 Å². The van der Waals surface area contributed by atoms with Gasteiger partial charge in [0, 0.05) is 13.6 Å². The molecule has 11 heavy (non-hydrogen) atoms. The van der Waals surface area contributed by atoms with Gasteiger partial charge in [-0.1, -0.05) is 0 Å². The molecule has 0 aliphatic rings. The molecule has 0 aliphatic heterocycles. The molecule has 0 radical (unpaired) electrons. The van der Waals surface area contributed by atoms with Crippen molar-refractivity contribution in [2.75, 3.05) is 20.1 Å². The Labute approximate surface area is 66.1 Å². The van der Waals surface area contributed by atoms with Crippen LogP contribution in [0.4, 0.5) is 4.79 Å². The number of hydrogen-bond donors (Lipinski definition) is 3. The molecule has 0 unspecified atom stereocenters. The molecular formula is C6H14N4O. The highest BCUT2D eigenvalue weighted by atomic mass is 16.2. The lowest BCUT2D eigenvalue weighted by molar-refractivity contribution is 0.212. The third-order valence-electron chi connectivity index (χ3n) is 1.25. The molecule has 0 atom stereocenters. The number of hydrogen-bond acceptors (Lipinski definition) is 2. The number of rotatable bonds is 3. The van der Waals surface area contributed by atoms with E-state index in [1.54, 1.807) is 7.05 Å². The number of nitrogens with two attached hydrogens (primary N) is 1. The highest BCUT2D eigenvalue weighted by Gasteiger charge is 2.03. The summed E-state index contributed by atoms with van der Waals surface area (Å²) in [5.74, 6) is -0.0390. The van der Waals surface area contributed by atoms with Crippen molar-refractivity contribution in [1.82, 2.24) is 10.2 Å². The van der Waals surface area contributed by atoms with Crippen molar-refractivity contribution in [3.05, 3.63) is 0 Å². The molecule has 0 rings (SSSR count). The van der Waals surface area contributed by atoms with Crippen molar-refractivity contribution in [3.63, 3.8) is 0 Å². The van der Waals surface area contributed by atoms with Gasteiger partial charge < -0.3 is 16.0 Å². The van der Waals surface area contributed by atoms with Gasteiger partial charge in [0.15, 0.2) is 0 Å². The molecule has 2 amide bonds. The molecule has 4 N–H and O–H groups in total. The van der Waals surface area contributed by atoms with E-state index < -0.39 is 0 Å². The maximum absolute atomic E-state index is 10.9. The zero-order valence-electron chi connectivity index (χ0n) is 6.85. The van der Waals surface area contributed by atoms with Gasteiger partial charge in [0.2, 0.25) is 0 Å². The number of amidine groups is 1. The Hall–Kier alpha value is -1.26. The van der Waals surface area contributed by atoms with E-state index in [1.807, 2.05) is 6.92 Å². The Morgan fingerprint density at radius 2 is 2.27 bits per heavy atom. The van der Waals surface area contributed by atoms with E-state index >= 15 is 0 Å². The minimum absolute atomic E-state index is 0.0390. The Morgan fingerprint density at radius 1 is 1.73 bits per heavy atom. The lowest BCUT2D eigenvalue weighted by atomic mass is 10.5. The van der Waals surface area contributed by atoms with E-state index in [1.165, 1.54) is 4.90 Å². The topological polar surface area (TPSA) is 82.2 Å². The Kier molecular flexibility index (Phi) is 4.02. The minimum atomic E-state index is -0.206. The summed E-state index contributed by atoms with van der Waals surface area (Å²) in [6.07, 6.45) is 0. The number of carbonyl (C=O) groups excluding carboxylic acids is 1. The van der Waals surface area contributed by atoms with Crippen LogP contribution < -0.4 is 11.1 Å². The second-order valence-corrected chi connectivity index (χ2v) is 2.20. The van der Waals surface area contributed by atoms with Gasteiger partial charge in [0.25, 0.3) is 0 Å². The van der Waals surface area contributed by atoms with Gasteiger partial charge in [0.05, 0.1) is 6.54 Å². The number of carbonyl (C=O) groups is 1. The van der Waals surface area contributed by atoms with Gasteiger partial charge in [-0.15, -0.1) is 0 Å². The molecule has 0 aromatic carbocycles. The molecule has 0 aliphatic carbocycles. The average molecular weight is 158 g/mol. The van der Waals surface area contributed by atoms with E-state index in [9.17, 15) is 4.79 Å². The molecule has 0 fully saturated rings. The van der Waals surface area contributed by atoms with Gasteiger partial charge in [-0.05, 0) is 6.92 Å². The van der Waals surface area contributed by atoms with Crippen molar-refractivity contribution < 1.29 is 4.79 Å². The van der Waals surface area contributed by atoms with Crippen molar-refractivity contribution in [2.24, 2.45) is 5.73 Å². The Morgan fingerprint density at radius 3 is 2.64 bits per heavy atom. The van der Waals surface area contributed by atoms with E-state index in [-0.39, 0.29) is 18.4 Å². The summed E-state index contributed by atoms with van der Waals surface area (Å²) in [5.41, 5.74) is 5.03. The molecule has 0 saturated heterocycles. The normalized spacial score (nSPS) is 8.91. The van der Waals surface area contributed by atoms with E-state index in [2.05, 4.69) is 5.32 Å². The standard InChI is InChI=1S/C6H14N4O/c1-3-10(2)6(11)9-4-5(7)8/h3-4H2,1-2H3,(H3,7,8)(H,9,11). The van der Waals surface area contributed by atoms with E-state index in [0.717, 1.165) is 0 Å². The van der Waals surface area contributed by atoms with Crippen LogP contribution in [0.1, 0.15) is 6.92 Å². The molecule has 0 saturated carbocycles. The minimum Gasteiger partial charge on any atom is -0.386 e. The first-order chi connectivity index (χ1) is 5.07. The molecule has 5 nitrogen and oxygen atoms in total. The number of nitrogens with one attached hydrogen (secondary N) is 2. The second kappa shape index (κ2) is 4.54. The van der Waals surface area contributed by atoms with Gasteiger partial charge in [0.1, 0.15) is 5.84 Å². The van der Waals surface area contributed by atoms with E-state index in [0.29, 0.717) is 6.54 Å². The predicted molar refractivity (Wildman–Crippen MR) is 43.6 cm³/mol. The number of urea groups is 1. The third-order valence-corrected chi connectivity index (χ3v) is 1.25. The number of nitrogens with zero attached hydrogens (tertiary/aromatic N) is 1. The number of amides is 2. The fourth-order valence-corrected chi connectivity index (χ4v) is 0.449. The van der Waals surface area contributed by atoms with Gasteiger partial charge >= 0.3 is 6.03 Å². The van der Waals surface area contributed by atoms with Crippen LogP contribution in [0.3, 0.4) is 0 Å². The average Bonchev–Trinajstić information content (AvgIpc) is 1.98. The summed E-state index contributed by atoms with van der Waals surface area (Å²) in [4.78, 5) is 12.4. The second-order valence-electron chi connectivity index (χ2n) is 2.20. The van der Waals surface area contributed by atoms with Crippen molar-refractivity contribution >= 4 is 11.9 Å². The smallest absolute Gasteiger partial charge is 0.317 e. The first-order valence-corrected chi connectivity index (χ1v) is 3.39. The lowest BCUT2D eigenvalue weighted by Crippen LogP contribution is -2.41. The van der Waals surface area contributed by atoms with Crippen molar-refractivity contribution in [3.8, 4) is 0 Å². The van der Waals surface area contributed by atoms with Crippen molar-refractivity contribution in [1.29, 1.82) is 5.41 Å². The largest absolute Gasteiger partial charge is 0.386 e. The quantitative estimate of drug-likeness (QED) is 0.385. The maximum atomic E-state index is 10.9. The maximum Gasteiger partial charge on any atom is 0.317 e. The molecule has 0 aromatic heterocycles. The monoisotopic (exact) mass is 158 g/mol. The molecular weight excluding hydrogens is 144 g/mol. The van der Waals surface area contributed by atoms with Crippen LogP contribution in [-0.2, 0) is 0 Å². The van der Waals surface area contributed by atoms with Gasteiger partial charge in [-0.3, -0.25) is 5.41 Å². The lowest BCUT2D eigenvalue weighted by Gasteiger charge is -2.14. The summed E-state index contributed by atoms with van der Waals surface area (Å²) in [6, 6.07) is -0.206. The van der Waals surface area contributed by atoms with Crippen molar-refractivity contribution in [2.45, 2.75) is 6.92 Å². The molecule has 0 spiro atoms. The van der Waals surface area contributed by atoms with Crippen LogP contribution in [0.5, 0.6) is 0 Å². The summed E-state index contributed by atoms with van der Waals surface area (Å²) >= 11 is 0. The summed E-state index contributed by atoms with van der Waals surface area (Å²) in [7, 11) is 1.68. The van der Waals surface area contributed by atoms with Crippen LogP contribution in [-0.4, -0.2) is 36.9 Å². The highest BCUT2D eigenvalue weighted by Crippen LogP contribution is 1.80. The Balaban J connectivity index is 3.60. The summed E-state index contributed by atoms with van der Waals surface area (Å²) in [5, 5.41) is 9.30. The zero-order chi connectivity index (χ0) is 8.85. The van der Waals surface area contributed by atoms with Crippen LogP contribution in [0.2, 0.25) is 0 Å². The fourth-order valence-electron chi connectivity index (χ4n) is 0.449. The van der Waals surface area contributed by atoms with Crippen LogP contribution in [0.15, 0.2) is 0 Å². The van der Waals surface area contributed by atoms with Crippen LogP contribution in [0, 0.1) is 5.41 Å². The summed E-state index contributed by atoms with van der Waals surface area (Å²) in [6.45, 7) is 2.63. The fraction of sp³-hybridized carbons (Fsp3) is 0.667. The molecule has 0 heterocycles. The predicted octanol–water partition coefficient (Wildman–Crippen LogP) is -0.416. The first-order valence-electron chi connectivity index (χ1n) is 3.39. The molecule has 5 heteroatoms. The van der Waals surface area contributed by atoms with Crippen LogP contribution >= 0.6 is 0 Å². The molecule has 0 aromatic rings. The molecule has 64 valence electrons. The summed E-state index contributed by atoms with van der Waals surface area (Å²) < 4.78 is 0. The van der Waals surface area contributed by atoms with E-state index in [4.69, 9.17) is 11.1 Å². The Bertz CT molecular complexity index is 157. The third kappa shape index (κ3) is 4.19. The van der Waals surface area contributed by atoms with Crippen LogP contribution in [0.25, 0.3) is 0 Å². The zero-order valence-corrected chi connectivity index (χ0v) is 6.85. The first kappa shape index (κ1) is 9.74. The SMILES string of the molecule is CCN(C)C(=O)NCC(=N)N. The van der Waals surface area contributed by atoms with Gasteiger partial charge in [-0.25, -0.2) is 4.79 Å².